The van der Waals surface area contributed by atoms with Crippen LogP contribution in [0.2, 0.25) is 0 Å². The zero-order valence-electron chi connectivity index (χ0n) is 14.7. The molecule has 0 unspecified atom stereocenters. The molecule has 0 aliphatic carbocycles. The summed E-state index contributed by atoms with van der Waals surface area (Å²) in [5.74, 6) is -1.76. The molecule has 0 aliphatic rings. The Morgan fingerprint density at radius 2 is 1.68 bits per heavy atom. The Morgan fingerprint density at radius 3 is 2.39 bits per heavy atom. The summed E-state index contributed by atoms with van der Waals surface area (Å²) < 4.78 is 40.6. The highest BCUT2D eigenvalue weighted by Crippen LogP contribution is 2.31. The minimum Gasteiger partial charge on any atom is -0.334 e. The van der Waals surface area contributed by atoms with E-state index in [2.05, 4.69) is 15.6 Å². The van der Waals surface area contributed by atoms with E-state index in [9.17, 15) is 22.8 Å². The van der Waals surface area contributed by atoms with Crippen molar-refractivity contribution in [1.29, 1.82) is 0 Å². The van der Waals surface area contributed by atoms with Crippen molar-refractivity contribution < 1.29 is 22.8 Å². The second-order valence-corrected chi connectivity index (χ2v) is 6.04. The molecule has 2 aromatic carbocycles. The number of urea groups is 1. The van der Waals surface area contributed by atoms with Crippen LogP contribution in [-0.2, 0) is 24.1 Å². The molecule has 0 bridgehead atoms. The molecule has 1 heterocycles. The zero-order chi connectivity index (χ0) is 20.1. The van der Waals surface area contributed by atoms with Crippen molar-refractivity contribution in [3.05, 3.63) is 66.0 Å². The van der Waals surface area contributed by atoms with Gasteiger partial charge in [-0.15, -0.1) is 0 Å². The molecule has 0 atom stereocenters. The normalized spacial score (nSPS) is 11.4. The molecule has 2 N–H and O–H groups in total. The monoisotopic (exact) mass is 390 g/mol. The van der Waals surface area contributed by atoms with Crippen LogP contribution < -0.4 is 10.6 Å². The van der Waals surface area contributed by atoms with Gasteiger partial charge in [-0.05, 0) is 17.7 Å². The predicted octanol–water partition coefficient (Wildman–Crippen LogP) is 3.47. The van der Waals surface area contributed by atoms with E-state index < -0.39 is 23.9 Å². The van der Waals surface area contributed by atoms with Crippen LogP contribution in [0.15, 0.2) is 54.6 Å². The summed E-state index contributed by atoms with van der Waals surface area (Å²) >= 11 is 0. The number of nitrogens with zero attached hydrogens (tertiary/aromatic N) is 2. The van der Waals surface area contributed by atoms with Crippen molar-refractivity contribution in [3.63, 3.8) is 0 Å². The van der Waals surface area contributed by atoms with Crippen LogP contribution >= 0.6 is 0 Å². The maximum atomic E-state index is 13.2. The predicted molar refractivity (Wildman–Crippen MR) is 96.2 cm³/mol. The fraction of sp³-hybridized carbons (Fsp3) is 0.211. The molecule has 3 aromatic rings. The number of aromatic nitrogens is 2. The molecule has 3 amide bonds. The summed E-state index contributed by atoms with van der Waals surface area (Å²) in [5, 5.41) is 4.63. The van der Waals surface area contributed by atoms with E-state index >= 15 is 0 Å². The average Bonchev–Trinajstić information content (AvgIpc) is 3.05. The highest BCUT2D eigenvalue weighted by molar-refractivity contribution is 5.94. The van der Waals surface area contributed by atoms with Gasteiger partial charge in [0.2, 0.25) is 11.7 Å². The van der Waals surface area contributed by atoms with Gasteiger partial charge in [0.05, 0.1) is 11.0 Å². The largest absolute Gasteiger partial charge is 0.449 e. The Kier molecular flexibility index (Phi) is 5.62. The Morgan fingerprint density at radius 1 is 1.00 bits per heavy atom. The van der Waals surface area contributed by atoms with Gasteiger partial charge in [-0.25, -0.2) is 9.78 Å². The average molecular weight is 390 g/mol. The molecular formula is C19H17F3N4O2. The summed E-state index contributed by atoms with van der Waals surface area (Å²) in [6.45, 7) is -0.0303. The van der Waals surface area contributed by atoms with Crippen LogP contribution in [0.3, 0.4) is 0 Å². The standard InChI is InChI=1S/C19H17F3N4O2/c20-19(21,22)17-24-14-8-4-5-9-15(14)26(17)11-10-16(27)25-18(28)23-12-13-6-2-1-3-7-13/h1-9H,10-12H2,(H2,23,25,27,28). The fourth-order valence-electron chi connectivity index (χ4n) is 2.74. The number of benzene rings is 2. The van der Waals surface area contributed by atoms with Gasteiger partial charge in [-0.2, -0.15) is 13.2 Å². The number of imide groups is 1. The summed E-state index contributed by atoms with van der Waals surface area (Å²) in [5.41, 5.74) is 1.32. The number of alkyl halides is 3. The number of carbonyl (C=O) groups is 2. The molecule has 6 nitrogen and oxygen atoms in total. The first-order valence-electron chi connectivity index (χ1n) is 8.48. The molecule has 9 heteroatoms. The number of aryl methyl sites for hydroxylation is 1. The SMILES string of the molecule is O=C(CCn1c(C(F)(F)F)nc2ccccc21)NC(=O)NCc1ccccc1. The number of nitrogens with one attached hydrogen (secondary N) is 2. The van der Waals surface area contributed by atoms with Gasteiger partial charge in [0.15, 0.2) is 0 Å². The Balaban J connectivity index is 1.61. The third-order valence-electron chi connectivity index (χ3n) is 4.02. The maximum Gasteiger partial charge on any atom is 0.449 e. The molecule has 0 saturated heterocycles. The van der Waals surface area contributed by atoms with Gasteiger partial charge in [0, 0.05) is 19.5 Å². The van der Waals surface area contributed by atoms with Crippen LogP contribution in [0.1, 0.15) is 17.8 Å². The molecule has 28 heavy (non-hydrogen) atoms. The van der Waals surface area contributed by atoms with Crippen LogP contribution in [0.4, 0.5) is 18.0 Å². The number of hydrogen-bond acceptors (Lipinski definition) is 3. The summed E-state index contributed by atoms with van der Waals surface area (Å²) in [6.07, 6.45) is -4.95. The number of para-hydroxylation sites is 2. The van der Waals surface area contributed by atoms with Crippen molar-refractivity contribution >= 4 is 23.0 Å². The van der Waals surface area contributed by atoms with Gasteiger partial charge in [0.25, 0.3) is 0 Å². The van der Waals surface area contributed by atoms with Crippen molar-refractivity contribution in [2.24, 2.45) is 0 Å². The summed E-state index contributed by atoms with van der Waals surface area (Å²) in [6, 6.07) is 14.5. The second-order valence-electron chi connectivity index (χ2n) is 6.04. The number of hydrogen-bond donors (Lipinski definition) is 2. The fourth-order valence-corrected chi connectivity index (χ4v) is 2.74. The molecule has 0 fully saturated rings. The first-order valence-corrected chi connectivity index (χ1v) is 8.48. The minimum atomic E-state index is -4.65. The lowest BCUT2D eigenvalue weighted by atomic mass is 10.2. The molecule has 146 valence electrons. The highest BCUT2D eigenvalue weighted by atomic mass is 19.4. The van der Waals surface area contributed by atoms with Crippen LogP contribution in [0.25, 0.3) is 11.0 Å². The van der Waals surface area contributed by atoms with Crippen molar-refractivity contribution in [2.45, 2.75) is 25.7 Å². The maximum absolute atomic E-state index is 13.2. The number of halogens is 3. The molecule has 0 spiro atoms. The first kappa shape index (κ1) is 19.4. The van der Waals surface area contributed by atoms with Gasteiger partial charge < -0.3 is 9.88 Å². The number of amides is 3. The van der Waals surface area contributed by atoms with E-state index in [4.69, 9.17) is 0 Å². The quantitative estimate of drug-likeness (QED) is 0.701. The summed E-state index contributed by atoms with van der Waals surface area (Å²) in [7, 11) is 0. The molecule has 3 rings (SSSR count). The van der Waals surface area contributed by atoms with E-state index in [0.717, 1.165) is 10.1 Å². The zero-order valence-corrected chi connectivity index (χ0v) is 14.7. The van der Waals surface area contributed by atoms with Crippen molar-refractivity contribution in [3.8, 4) is 0 Å². The third-order valence-corrected chi connectivity index (χ3v) is 4.02. The number of carbonyl (C=O) groups excluding carboxylic acids is 2. The minimum absolute atomic E-state index is 0.191. The molecule has 0 radical (unpaired) electrons. The smallest absolute Gasteiger partial charge is 0.334 e. The van der Waals surface area contributed by atoms with Crippen LogP contribution in [0, 0.1) is 0 Å². The Bertz CT molecular complexity index is 984. The topological polar surface area (TPSA) is 76.0 Å². The Labute approximate surface area is 158 Å². The van der Waals surface area contributed by atoms with Crippen LogP contribution in [-0.4, -0.2) is 21.5 Å². The van der Waals surface area contributed by atoms with Gasteiger partial charge in [-0.3, -0.25) is 10.1 Å². The van der Waals surface area contributed by atoms with E-state index in [1.807, 2.05) is 30.3 Å². The first-order chi connectivity index (χ1) is 13.3. The highest BCUT2D eigenvalue weighted by Gasteiger charge is 2.37. The van der Waals surface area contributed by atoms with Gasteiger partial charge in [-0.1, -0.05) is 42.5 Å². The van der Waals surface area contributed by atoms with Gasteiger partial charge >= 0.3 is 12.2 Å². The van der Waals surface area contributed by atoms with Crippen molar-refractivity contribution in [2.75, 3.05) is 0 Å². The van der Waals surface area contributed by atoms with Gasteiger partial charge in [0.1, 0.15) is 0 Å². The van der Waals surface area contributed by atoms with E-state index in [0.29, 0.717) is 0 Å². The van der Waals surface area contributed by atoms with E-state index in [-0.39, 0.29) is 30.5 Å². The molecule has 1 aromatic heterocycles. The third kappa shape index (κ3) is 4.67. The lowest BCUT2D eigenvalue weighted by Crippen LogP contribution is -2.39. The van der Waals surface area contributed by atoms with E-state index in [1.165, 1.54) is 12.1 Å². The molecule has 0 saturated carbocycles. The van der Waals surface area contributed by atoms with Crippen LogP contribution in [0.5, 0.6) is 0 Å². The molecule has 0 aliphatic heterocycles. The van der Waals surface area contributed by atoms with Crippen molar-refractivity contribution in [1.82, 2.24) is 20.2 Å². The second kappa shape index (κ2) is 8.12. The lowest BCUT2D eigenvalue weighted by Gasteiger charge is -2.11. The number of rotatable bonds is 5. The number of fused-ring (bicyclic) bond motifs is 1. The molecular weight excluding hydrogens is 373 g/mol. The number of imidazole rings is 1. The lowest BCUT2D eigenvalue weighted by molar-refractivity contribution is -0.147. The Hall–Kier alpha value is -3.36. The summed E-state index contributed by atoms with van der Waals surface area (Å²) in [4.78, 5) is 27.4. The van der Waals surface area contributed by atoms with E-state index in [1.54, 1.807) is 12.1 Å².